The van der Waals surface area contributed by atoms with Crippen LogP contribution in [0, 0.1) is 0 Å². The molecular formula is C16H20O3. The van der Waals surface area contributed by atoms with E-state index in [-0.39, 0.29) is 0 Å². The fourth-order valence-electron chi connectivity index (χ4n) is 1.16. The Labute approximate surface area is 114 Å². The lowest BCUT2D eigenvalue weighted by Gasteiger charge is -1.82. The van der Waals surface area contributed by atoms with Gasteiger partial charge in [0.25, 0.3) is 0 Å². The Morgan fingerprint density at radius 3 is 1.37 bits per heavy atom. The molecule has 19 heavy (non-hydrogen) atoms. The van der Waals surface area contributed by atoms with Gasteiger partial charge in [-0.2, -0.15) is 0 Å². The second kappa shape index (κ2) is 9.00. The molecule has 1 fully saturated rings. The van der Waals surface area contributed by atoms with Crippen LogP contribution in [0.5, 0.6) is 11.5 Å². The molecule has 102 valence electrons. The molecule has 1 heterocycles. The quantitative estimate of drug-likeness (QED) is 0.770. The van der Waals surface area contributed by atoms with Crippen molar-refractivity contribution in [2.75, 3.05) is 6.61 Å². The molecule has 2 aromatic carbocycles. The summed E-state index contributed by atoms with van der Waals surface area (Å²) in [5, 5.41) is 17.3. The zero-order chi connectivity index (χ0) is 13.9. The second-order valence-electron chi connectivity index (χ2n) is 4.03. The van der Waals surface area contributed by atoms with E-state index in [1.54, 1.807) is 48.5 Å². The van der Waals surface area contributed by atoms with Crippen molar-refractivity contribution in [2.24, 2.45) is 0 Å². The highest BCUT2D eigenvalue weighted by atomic mass is 16.6. The molecule has 1 atom stereocenters. The van der Waals surface area contributed by atoms with Crippen LogP contribution in [-0.2, 0) is 4.74 Å². The van der Waals surface area contributed by atoms with E-state index >= 15 is 0 Å². The maximum Gasteiger partial charge on any atom is 0.115 e. The summed E-state index contributed by atoms with van der Waals surface area (Å²) in [4.78, 5) is 0. The maximum atomic E-state index is 8.63. The van der Waals surface area contributed by atoms with Gasteiger partial charge in [0.1, 0.15) is 11.5 Å². The Morgan fingerprint density at radius 2 is 1.26 bits per heavy atom. The molecule has 0 amide bonds. The molecule has 3 rings (SSSR count). The summed E-state index contributed by atoms with van der Waals surface area (Å²) in [5.41, 5.74) is 0. The first-order valence-corrected chi connectivity index (χ1v) is 6.32. The van der Waals surface area contributed by atoms with Gasteiger partial charge in [0.05, 0.1) is 12.7 Å². The Morgan fingerprint density at radius 1 is 0.895 bits per heavy atom. The number of ether oxygens (including phenoxy) is 1. The van der Waals surface area contributed by atoms with Crippen LogP contribution in [-0.4, -0.2) is 22.9 Å². The number of hydrogen-bond donors (Lipinski definition) is 2. The number of rotatable bonds is 1. The highest BCUT2D eigenvalue weighted by molar-refractivity contribution is 5.19. The molecule has 3 heteroatoms. The first-order chi connectivity index (χ1) is 9.22. The van der Waals surface area contributed by atoms with Gasteiger partial charge in [-0.1, -0.05) is 43.3 Å². The molecular weight excluding hydrogens is 240 g/mol. The zero-order valence-electron chi connectivity index (χ0n) is 11.1. The monoisotopic (exact) mass is 260 g/mol. The van der Waals surface area contributed by atoms with Gasteiger partial charge in [-0.15, -0.1) is 0 Å². The van der Waals surface area contributed by atoms with Crippen molar-refractivity contribution in [3.8, 4) is 11.5 Å². The van der Waals surface area contributed by atoms with Gasteiger partial charge in [0.2, 0.25) is 0 Å². The van der Waals surface area contributed by atoms with E-state index in [1.165, 1.54) is 6.42 Å². The molecule has 0 spiro atoms. The Kier molecular flexibility index (Phi) is 7.13. The lowest BCUT2D eigenvalue weighted by atomic mass is 10.3. The van der Waals surface area contributed by atoms with Crippen molar-refractivity contribution in [3.05, 3.63) is 60.7 Å². The van der Waals surface area contributed by atoms with E-state index in [0.29, 0.717) is 17.6 Å². The van der Waals surface area contributed by atoms with Gasteiger partial charge in [-0.05, 0) is 30.7 Å². The van der Waals surface area contributed by atoms with E-state index in [9.17, 15) is 0 Å². The number of hydrogen-bond acceptors (Lipinski definition) is 3. The maximum absolute atomic E-state index is 8.63. The third kappa shape index (κ3) is 8.69. The van der Waals surface area contributed by atoms with Crippen LogP contribution in [0.2, 0.25) is 0 Å². The highest BCUT2D eigenvalue weighted by Gasteiger charge is 2.18. The minimum Gasteiger partial charge on any atom is -0.508 e. The van der Waals surface area contributed by atoms with Crippen molar-refractivity contribution in [1.82, 2.24) is 0 Å². The van der Waals surface area contributed by atoms with Crippen molar-refractivity contribution in [3.63, 3.8) is 0 Å². The van der Waals surface area contributed by atoms with Gasteiger partial charge in [0, 0.05) is 0 Å². The summed E-state index contributed by atoms with van der Waals surface area (Å²) in [6.07, 6.45) is 1.83. The summed E-state index contributed by atoms with van der Waals surface area (Å²) in [5.74, 6) is 0.644. The topological polar surface area (TPSA) is 53.0 Å². The smallest absolute Gasteiger partial charge is 0.115 e. The normalized spacial score (nSPS) is 15.3. The van der Waals surface area contributed by atoms with Gasteiger partial charge in [-0.3, -0.25) is 0 Å². The highest BCUT2D eigenvalue weighted by Crippen LogP contribution is 2.10. The number of benzene rings is 2. The van der Waals surface area contributed by atoms with Gasteiger partial charge < -0.3 is 14.9 Å². The minimum atomic E-state index is 0.322. The Bertz CT molecular complexity index is 387. The lowest BCUT2D eigenvalue weighted by molar-refractivity contribution is 0.403. The van der Waals surface area contributed by atoms with Crippen LogP contribution >= 0.6 is 0 Å². The fourth-order valence-corrected chi connectivity index (χ4v) is 1.16. The first-order valence-electron chi connectivity index (χ1n) is 6.32. The van der Waals surface area contributed by atoms with Crippen molar-refractivity contribution in [2.45, 2.75) is 19.4 Å². The molecule has 3 nitrogen and oxygen atoms in total. The fraction of sp³-hybridized carbons (Fsp3) is 0.250. The van der Waals surface area contributed by atoms with Crippen LogP contribution < -0.4 is 0 Å². The number of aromatic hydroxyl groups is 2. The molecule has 0 radical (unpaired) electrons. The molecule has 0 saturated carbocycles. The van der Waals surface area contributed by atoms with Crippen molar-refractivity contribution >= 4 is 0 Å². The number of para-hydroxylation sites is 2. The average molecular weight is 260 g/mol. The summed E-state index contributed by atoms with van der Waals surface area (Å²) in [6, 6.07) is 17.4. The summed E-state index contributed by atoms with van der Waals surface area (Å²) in [7, 11) is 0. The van der Waals surface area contributed by atoms with E-state index in [4.69, 9.17) is 14.9 Å². The standard InChI is InChI=1S/2C6H6O.C4H8O/c2*7-6-4-2-1-3-5-6;1-2-4-3-5-4/h2*1-5,7H;4H,2-3H2,1H3. The van der Waals surface area contributed by atoms with E-state index in [1.807, 2.05) is 12.1 Å². The molecule has 1 aliphatic rings. The molecule has 2 N–H and O–H groups in total. The van der Waals surface area contributed by atoms with Crippen LogP contribution in [0.1, 0.15) is 13.3 Å². The van der Waals surface area contributed by atoms with Gasteiger partial charge in [-0.25, -0.2) is 0 Å². The molecule has 2 aromatic rings. The minimum absolute atomic E-state index is 0.322. The Hall–Kier alpha value is -2.00. The van der Waals surface area contributed by atoms with E-state index in [0.717, 1.165) is 6.61 Å². The van der Waals surface area contributed by atoms with E-state index in [2.05, 4.69) is 6.92 Å². The Balaban J connectivity index is 0.000000145. The molecule has 1 saturated heterocycles. The third-order valence-electron chi connectivity index (χ3n) is 2.37. The predicted octanol–water partition coefficient (Wildman–Crippen LogP) is 3.58. The SMILES string of the molecule is CCC1CO1.Oc1ccccc1.Oc1ccccc1. The van der Waals surface area contributed by atoms with E-state index < -0.39 is 0 Å². The second-order valence-corrected chi connectivity index (χ2v) is 4.03. The molecule has 1 unspecified atom stereocenters. The molecule has 0 aromatic heterocycles. The summed E-state index contributed by atoms with van der Waals surface area (Å²) >= 11 is 0. The largest absolute Gasteiger partial charge is 0.508 e. The van der Waals surface area contributed by atoms with Gasteiger partial charge >= 0.3 is 0 Å². The zero-order valence-corrected chi connectivity index (χ0v) is 11.1. The molecule has 0 bridgehead atoms. The summed E-state index contributed by atoms with van der Waals surface area (Å²) < 4.78 is 4.86. The van der Waals surface area contributed by atoms with Crippen LogP contribution in [0.3, 0.4) is 0 Å². The summed E-state index contributed by atoms with van der Waals surface area (Å²) in [6.45, 7) is 3.15. The number of epoxide rings is 1. The predicted molar refractivity (Wildman–Crippen MR) is 76.2 cm³/mol. The molecule has 1 aliphatic heterocycles. The van der Waals surface area contributed by atoms with Crippen molar-refractivity contribution in [1.29, 1.82) is 0 Å². The van der Waals surface area contributed by atoms with Crippen LogP contribution in [0.15, 0.2) is 60.7 Å². The third-order valence-corrected chi connectivity index (χ3v) is 2.37. The van der Waals surface area contributed by atoms with Crippen molar-refractivity contribution < 1.29 is 14.9 Å². The number of phenolic OH excluding ortho intramolecular Hbond substituents is 2. The van der Waals surface area contributed by atoms with Gasteiger partial charge in [0.15, 0.2) is 0 Å². The lowest BCUT2D eigenvalue weighted by Crippen LogP contribution is -1.73. The van der Waals surface area contributed by atoms with Crippen LogP contribution in [0.25, 0.3) is 0 Å². The number of phenols is 2. The average Bonchev–Trinajstić information content (AvgIpc) is 3.26. The molecule has 0 aliphatic carbocycles. The van der Waals surface area contributed by atoms with Crippen LogP contribution in [0.4, 0.5) is 0 Å². The first kappa shape index (κ1) is 15.1.